The van der Waals surface area contributed by atoms with Gasteiger partial charge in [-0.2, -0.15) is 0 Å². The third-order valence-corrected chi connectivity index (χ3v) is 4.91. The molecule has 1 aliphatic rings. The molecule has 1 aliphatic heterocycles. The van der Waals surface area contributed by atoms with E-state index in [-0.39, 0.29) is 18.7 Å². The molecular formula is C23H28O5. The molecule has 1 unspecified atom stereocenters. The van der Waals surface area contributed by atoms with E-state index in [1.165, 1.54) is 0 Å². The van der Waals surface area contributed by atoms with Crippen molar-refractivity contribution in [1.29, 1.82) is 0 Å². The number of benzene rings is 2. The Morgan fingerprint density at radius 2 is 1.89 bits per heavy atom. The summed E-state index contributed by atoms with van der Waals surface area (Å²) in [7, 11) is 3.23. The number of fused-ring (bicyclic) bond motifs is 1. The SMILES string of the molecule is COCOc1ccc(C2CC(=O)c3cc(CCC(C)C)c(OC)cc3O2)cc1. The van der Waals surface area contributed by atoms with Gasteiger partial charge in [0.25, 0.3) is 0 Å². The molecule has 5 heteroatoms. The van der Waals surface area contributed by atoms with Crippen molar-refractivity contribution in [3.05, 3.63) is 53.1 Å². The molecule has 0 N–H and O–H groups in total. The zero-order valence-electron chi connectivity index (χ0n) is 17.0. The van der Waals surface area contributed by atoms with Crippen LogP contribution in [-0.2, 0) is 11.2 Å². The van der Waals surface area contributed by atoms with Gasteiger partial charge in [0.2, 0.25) is 0 Å². The van der Waals surface area contributed by atoms with E-state index >= 15 is 0 Å². The van der Waals surface area contributed by atoms with Crippen LogP contribution in [0.1, 0.15) is 54.3 Å². The highest BCUT2D eigenvalue weighted by molar-refractivity contribution is 6.00. The highest BCUT2D eigenvalue weighted by Gasteiger charge is 2.29. The van der Waals surface area contributed by atoms with E-state index in [1.807, 2.05) is 36.4 Å². The lowest BCUT2D eigenvalue weighted by Gasteiger charge is -2.27. The molecule has 0 aliphatic carbocycles. The summed E-state index contributed by atoms with van der Waals surface area (Å²) in [5.41, 5.74) is 2.65. The van der Waals surface area contributed by atoms with Crippen molar-refractivity contribution < 1.29 is 23.7 Å². The minimum Gasteiger partial charge on any atom is -0.496 e. The van der Waals surface area contributed by atoms with Gasteiger partial charge in [-0.25, -0.2) is 0 Å². The lowest BCUT2D eigenvalue weighted by Crippen LogP contribution is -2.21. The van der Waals surface area contributed by atoms with Gasteiger partial charge < -0.3 is 18.9 Å². The predicted octanol–water partition coefficient (Wildman–Crippen LogP) is 4.97. The normalized spacial score (nSPS) is 15.9. The van der Waals surface area contributed by atoms with E-state index in [2.05, 4.69) is 13.8 Å². The predicted molar refractivity (Wildman–Crippen MR) is 107 cm³/mol. The number of aryl methyl sites for hydroxylation is 1. The third-order valence-electron chi connectivity index (χ3n) is 4.91. The summed E-state index contributed by atoms with van der Waals surface area (Å²) in [6.45, 7) is 4.58. The molecule has 0 fully saturated rings. The first kappa shape index (κ1) is 20.2. The molecule has 0 bridgehead atoms. The third kappa shape index (κ3) is 4.65. The summed E-state index contributed by atoms with van der Waals surface area (Å²) in [6, 6.07) is 11.3. The molecule has 5 nitrogen and oxygen atoms in total. The standard InChI is InChI=1S/C23H28O5/c1-15(2)5-6-17-11-19-20(24)12-22(28-23(19)13-21(17)26-4)16-7-9-18(10-8-16)27-14-25-3/h7-11,13,15,22H,5-6,12,14H2,1-4H3. The van der Waals surface area contributed by atoms with Gasteiger partial charge in [0.15, 0.2) is 12.6 Å². The summed E-state index contributed by atoms with van der Waals surface area (Å²) < 4.78 is 22.0. The molecule has 150 valence electrons. The maximum atomic E-state index is 12.8. The molecule has 3 rings (SSSR count). The lowest BCUT2D eigenvalue weighted by atomic mass is 9.93. The highest BCUT2D eigenvalue weighted by Crippen LogP contribution is 2.39. The van der Waals surface area contributed by atoms with Gasteiger partial charge in [-0.05, 0) is 48.1 Å². The van der Waals surface area contributed by atoms with Gasteiger partial charge in [0.05, 0.1) is 19.1 Å². The molecular weight excluding hydrogens is 356 g/mol. The average molecular weight is 384 g/mol. The zero-order valence-corrected chi connectivity index (χ0v) is 17.0. The van der Waals surface area contributed by atoms with Crippen LogP contribution >= 0.6 is 0 Å². The lowest BCUT2D eigenvalue weighted by molar-refractivity contribution is 0.0511. The van der Waals surface area contributed by atoms with Gasteiger partial charge in [0, 0.05) is 13.2 Å². The number of rotatable bonds is 8. The monoisotopic (exact) mass is 384 g/mol. The smallest absolute Gasteiger partial charge is 0.188 e. The summed E-state index contributed by atoms with van der Waals surface area (Å²) in [5, 5.41) is 0. The van der Waals surface area contributed by atoms with E-state index in [0.717, 1.165) is 29.7 Å². The quantitative estimate of drug-likeness (QED) is 0.601. The topological polar surface area (TPSA) is 54.0 Å². The second-order valence-electron chi connectivity index (χ2n) is 7.45. The zero-order chi connectivity index (χ0) is 20.1. The molecule has 0 spiro atoms. The van der Waals surface area contributed by atoms with Crippen LogP contribution in [0, 0.1) is 5.92 Å². The van der Waals surface area contributed by atoms with Crippen LogP contribution < -0.4 is 14.2 Å². The molecule has 0 saturated carbocycles. The molecule has 2 aromatic carbocycles. The summed E-state index contributed by atoms with van der Waals surface area (Å²) in [5.74, 6) is 2.76. The molecule has 0 aromatic heterocycles. The number of carbonyl (C=O) groups is 1. The summed E-state index contributed by atoms with van der Waals surface area (Å²) in [6.07, 6.45) is 1.93. The van der Waals surface area contributed by atoms with Crippen molar-refractivity contribution in [2.24, 2.45) is 5.92 Å². The van der Waals surface area contributed by atoms with E-state index in [4.69, 9.17) is 18.9 Å². The molecule has 1 atom stereocenters. The molecule has 2 aromatic rings. The number of carbonyl (C=O) groups excluding carboxylic acids is 1. The fraction of sp³-hybridized carbons (Fsp3) is 0.435. The fourth-order valence-electron chi connectivity index (χ4n) is 3.32. The number of methoxy groups -OCH3 is 2. The van der Waals surface area contributed by atoms with Crippen LogP contribution in [0.5, 0.6) is 17.2 Å². The van der Waals surface area contributed by atoms with Gasteiger partial charge in [-0.3, -0.25) is 4.79 Å². The van der Waals surface area contributed by atoms with Crippen LogP contribution in [0.3, 0.4) is 0 Å². The van der Waals surface area contributed by atoms with Crippen molar-refractivity contribution in [2.75, 3.05) is 21.0 Å². The van der Waals surface area contributed by atoms with Crippen molar-refractivity contribution in [3.8, 4) is 17.2 Å². The number of hydrogen-bond donors (Lipinski definition) is 0. The first-order chi connectivity index (χ1) is 13.5. The van der Waals surface area contributed by atoms with Crippen LogP contribution in [-0.4, -0.2) is 26.8 Å². The number of ether oxygens (including phenoxy) is 4. The first-order valence-electron chi connectivity index (χ1n) is 9.64. The number of Topliss-reactive ketones (excluding diaryl/α,β-unsaturated/α-hetero) is 1. The fourth-order valence-corrected chi connectivity index (χ4v) is 3.32. The molecule has 1 heterocycles. The Morgan fingerprint density at radius 3 is 2.54 bits per heavy atom. The molecule has 0 radical (unpaired) electrons. The average Bonchev–Trinajstić information content (AvgIpc) is 2.70. The van der Waals surface area contributed by atoms with E-state index in [1.54, 1.807) is 14.2 Å². The number of ketones is 1. The van der Waals surface area contributed by atoms with Crippen LogP contribution in [0.2, 0.25) is 0 Å². The summed E-state index contributed by atoms with van der Waals surface area (Å²) in [4.78, 5) is 12.8. The number of hydrogen-bond acceptors (Lipinski definition) is 5. The van der Waals surface area contributed by atoms with E-state index in [9.17, 15) is 4.79 Å². The molecule has 28 heavy (non-hydrogen) atoms. The van der Waals surface area contributed by atoms with Crippen LogP contribution in [0.15, 0.2) is 36.4 Å². The van der Waals surface area contributed by atoms with E-state index in [0.29, 0.717) is 29.4 Å². The maximum Gasteiger partial charge on any atom is 0.188 e. The Hall–Kier alpha value is -2.53. The Kier molecular flexibility index (Phi) is 6.57. The van der Waals surface area contributed by atoms with Gasteiger partial charge in [-0.15, -0.1) is 0 Å². The second kappa shape index (κ2) is 9.11. The molecule has 0 saturated heterocycles. The largest absolute Gasteiger partial charge is 0.496 e. The highest BCUT2D eigenvalue weighted by atomic mass is 16.7. The minimum absolute atomic E-state index is 0.0967. The minimum atomic E-state index is -0.317. The summed E-state index contributed by atoms with van der Waals surface area (Å²) >= 11 is 0. The van der Waals surface area contributed by atoms with Gasteiger partial charge >= 0.3 is 0 Å². The molecule has 0 amide bonds. The first-order valence-corrected chi connectivity index (χ1v) is 9.64. The Bertz CT molecular complexity index is 810. The maximum absolute atomic E-state index is 12.8. The van der Waals surface area contributed by atoms with Crippen LogP contribution in [0.4, 0.5) is 0 Å². The van der Waals surface area contributed by atoms with Crippen molar-refractivity contribution in [2.45, 2.75) is 39.2 Å². The van der Waals surface area contributed by atoms with Gasteiger partial charge in [0.1, 0.15) is 23.4 Å². The Morgan fingerprint density at radius 1 is 1.14 bits per heavy atom. The van der Waals surface area contributed by atoms with Gasteiger partial charge in [-0.1, -0.05) is 26.0 Å². The Labute approximate surface area is 166 Å². The van der Waals surface area contributed by atoms with Crippen LogP contribution in [0.25, 0.3) is 0 Å². The second-order valence-corrected chi connectivity index (χ2v) is 7.45. The van der Waals surface area contributed by atoms with Crippen molar-refractivity contribution in [1.82, 2.24) is 0 Å². The van der Waals surface area contributed by atoms with E-state index < -0.39 is 0 Å². The van der Waals surface area contributed by atoms with Crippen molar-refractivity contribution in [3.63, 3.8) is 0 Å². The van der Waals surface area contributed by atoms with Crippen molar-refractivity contribution >= 4 is 5.78 Å². The Balaban J connectivity index is 1.81.